The van der Waals surface area contributed by atoms with Crippen LogP contribution in [-0.4, -0.2) is 19.3 Å². The molecule has 0 fully saturated rings. The molecule has 0 radical (unpaired) electrons. The second-order valence-electron chi connectivity index (χ2n) is 4.77. The molecule has 21 heavy (non-hydrogen) atoms. The summed E-state index contributed by atoms with van der Waals surface area (Å²) in [6, 6.07) is 5.71. The fourth-order valence-electron chi connectivity index (χ4n) is 1.65. The van der Waals surface area contributed by atoms with Crippen molar-refractivity contribution in [3.05, 3.63) is 47.0 Å². The van der Waals surface area contributed by atoms with Crippen molar-refractivity contribution in [1.29, 1.82) is 0 Å². The van der Waals surface area contributed by atoms with Gasteiger partial charge in [-0.3, -0.25) is 4.57 Å². The lowest BCUT2D eigenvalue weighted by Crippen LogP contribution is -2.17. The van der Waals surface area contributed by atoms with E-state index in [4.69, 9.17) is 0 Å². The van der Waals surface area contributed by atoms with Gasteiger partial charge in [-0.05, 0) is 17.5 Å². The van der Waals surface area contributed by atoms with Gasteiger partial charge in [-0.15, -0.1) is 0 Å². The van der Waals surface area contributed by atoms with E-state index in [1.165, 1.54) is 18.2 Å². The van der Waals surface area contributed by atoms with Gasteiger partial charge in [0.05, 0.1) is 5.82 Å². The Labute approximate surface area is 122 Å². The molecular formula is C14H19F2O4P. The van der Waals surface area contributed by atoms with Gasteiger partial charge < -0.3 is 14.2 Å². The highest BCUT2D eigenvalue weighted by molar-refractivity contribution is 7.57. The SMILES string of the molecule is COP(=O)(/C=C(\O)C(F)(F)c1cccc(C(C)C)c1)OC. The topological polar surface area (TPSA) is 55.8 Å². The van der Waals surface area contributed by atoms with Crippen LogP contribution in [0, 0.1) is 0 Å². The lowest BCUT2D eigenvalue weighted by molar-refractivity contribution is -0.00517. The first-order valence-electron chi connectivity index (χ1n) is 6.28. The molecule has 0 saturated heterocycles. The van der Waals surface area contributed by atoms with E-state index in [0.717, 1.165) is 14.2 Å². The van der Waals surface area contributed by atoms with Crippen LogP contribution < -0.4 is 0 Å². The van der Waals surface area contributed by atoms with Crippen molar-refractivity contribution in [3.8, 4) is 0 Å². The molecule has 1 aromatic rings. The molecule has 0 bridgehead atoms. The molecule has 0 spiro atoms. The fourth-order valence-corrected chi connectivity index (χ4v) is 2.47. The minimum atomic E-state index is -3.88. The zero-order valence-electron chi connectivity index (χ0n) is 12.3. The molecule has 0 unspecified atom stereocenters. The number of alkyl halides is 2. The van der Waals surface area contributed by atoms with Crippen LogP contribution in [0.2, 0.25) is 0 Å². The van der Waals surface area contributed by atoms with Crippen LogP contribution in [0.3, 0.4) is 0 Å². The maximum atomic E-state index is 14.2. The summed E-state index contributed by atoms with van der Waals surface area (Å²) in [4.78, 5) is 0. The Morgan fingerprint density at radius 3 is 2.38 bits per heavy atom. The smallest absolute Gasteiger partial charge is 0.357 e. The van der Waals surface area contributed by atoms with Gasteiger partial charge in [0, 0.05) is 19.8 Å². The standard InChI is InChI=1S/C14H19F2O4P/c1-10(2)11-6-5-7-12(8-11)14(15,16)13(17)9-21(18,19-3)20-4/h5-10,17H,1-4H3/b13-9-. The zero-order valence-corrected chi connectivity index (χ0v) is 13.2. The molecule has 0 aromatic heterocycles. The first-order valence-corrected chi connectivity index (χ1v) is 7.89. The van der Waals surface area contributed by atoms with Crippen LogP contribution in [0.15, 0.2) is 35.8 Å². The third-order valence-corrected chi connectivity index (χ3v) is 4.61. The van der Waals surface area contributed by atoms with Gasteiger partial charge in [0.2, 0.25) is 0 Å². The summed E-state index contributed by atoms with van der Waals surface area (Å²) >= 11 is 0. The summed E-state index contributed by atoms with van der Waals surface area (Å²) in [5, 5.41) is 9.64. The predicted molar refractivity (Wildman–Crippen MR) is 76.8 cm³/mol. The van der Waals surface area contributed by atoms with E-state index in [1.807, 2.05) is 13.8 Å². The highest BCUT2D eigenvalue weighted by atomic mass is 31.2. The molecule has 7 heteroatoms. The summed E-state index contributed by atoms with van der Waals surface area (Å²) in [6.45, 7) is 3.74. The van der Waals surface area contributed by atoms with Crippen LogP contribution in [0.25, 0.3) is 0 Å². The van der Waals surface area contributed by atoms with Crippen molar-refractivity contribution in [2.75, 3.05) is 14.2 Å². The molecule has 0 saturated carbocycles. The Morgan fingerprint density at radius 1 is 1.33 bits per heavy atom. The predicted octanol–water partition coefficient (Wildman–Crippen LogP) is 4.79. The number of aliphatic hydroxyl groups is 1. The number of aliphatic hydroxyl groups excluding tert-OH is 1. The van der Waals surface area contributed by atoms with Gasteiger partial charge in [-0.2, -0.15) is 8.78 Å². The quantitative estimate of drug-likeness (QED) is 0.605. The summed E-state index contributed by atoms with van der Waals surface area (Å²) in [5.74, 6) is -4.56. The monoisotopic (exact) mass is 320 g/mol. The lowest BCUT2D eigenvalue weighted by atomic mass is 9.98. The number of hydrogen-bond acceptors (Lipinski definition) is 4. The number of halogens is 2. The average molecular weight is 320 g/mol. The van der Waals surface area contributed by atoms with Crippen molar-refractivity contribution in [2.45, 2.75) is 25.7 Å². The van der Waals surface area contributed by atoms with E-state index < -0.39 is 19.3 Å². The van der Waals surface area contributed by atoms with Gasteiger partial charge in [-0.25, -0.2) is 0 Å². The minimum Gasteiger partial charge on any atom is -0.506 e. The second kappa shape index (κ2) is 6.69. The van der Waals surface area contributed by atoms with Crippen molar-refractivity contribution in [1.82, 2.24) is 0 Å². The summed E-state index contributed by atoms with van der Waals surface area (Å²) in [7, 11) is -1.78. The minimum absolute atomic E-state index is 0.0657. The number of rotatable bonds is 6. The Morgan fingerprint density at radius 2 is 1.90 bits per heavy atom. The van der Waals surface area contributed by atoms with Gasteiger partial charge in [0.25, 0.3) is 0 Å². The van der Waals surface area contributed by atoms with Crippen molar-refractivity contribution < 1.29 is 27.5 Å². The summed E-state index contributed by atoms with van der Waals surface area (Å²) in [6.07, 6.45) is 0. The maximum absolute atomic E-state index is 14.2. The number of hydrogen-bond donors (Lipinski definition) is 1. The second-order valence-corrected chi connectivity index (χ2v) is 6.84. The first-order chi connectivity index (χ1) is 9.66. The largest absolute Gasteiger partial charge is 0.506 e. The number of allylic oxidation sites excluding steroid dienone is 1. The molecule has 0 atom stereocenters. The first kappa shape index (κ1) is 17.8. The molecule has 1 aromatic carbocycles. The van der Waals surface area contributed by atoms with Crippen LogP contribution >= 0.6 is 7.60 Å². The zero-order chi connectivity index (χ0) is 16.3. The Bertz CT molecular complexity index is 562. The molecule has 0 aliphatic heterocycles. The normalized spacial score (nSPS) is 13.8. The van der Waals surface area contributed by atoms with Crippen LogP contribution in [0.1, 0.15) is 30.9 Å². The highest BCUT2D eigenvalue weighted by Gasteiger charge is 2.39. The van der Waals surface area contributed by atoms with Crippen LogP contribution in [-0.2, 0) is 19.5 Å². The summed E-state index contributed by atoms with van der Waals surface area (Å²) in [5.41, 5.74) is 0.322. The van der Waals surface area contributed by atoms with E-state index in [0.29, 0.717) is 11.4 Å². The van der Waals surface area contributed by atoms with Crippen molar-refractivity contribution >= 4 is 7.60 Å². The van der Waals surface area contributed by atoms with Crippen molar-refractivity contribution in [3.63, 3.8) is 0 Å². The van der Waals surface area contributed by atoms with Crippen LogP contribution in [0.5, 0.6) is 0 Å². The third kappa shape index (κ3) is 4.13. The Balaban J connectivity index is 3.24. The van der Waals surface area contributed by atoms with Gasteiger partial charge in [0.15, 0.2) is 5.76 Å². The van der Waals surface area contributed by atoms with Gasteiger partial charge in [-0.1, -0.05) is 32.0 Å². The fraction of sp³-hybridized carbons (Fsp3) is 0.429. The molecule has 0 aliphatic carbocycles. The van der Waals surface area contributed by atoms with Gasteiger partial charge in [0.1, 0.15) is 0 Å². The molecular weight excluding hydrogens is 301 g/mol. The van der Waals surface area contributed by atoms with E-state index in [2.05, 4.69) is 9.05 Å². The molecule has 0 aliphatic rings. The molecule has 0 amide bonds. The van der Waals surface area contributed by atoms with E-state index in [-0.39, 0.29) is 11.5 Å². The maximum Gasteiger partial charge on any atom is 0.357 e. The number of benzene rings is 1. The molecule has 0 heterocycles. The molecule has 4 nitrogen and oxygen atoms in total. The molecule has 1 rings (SSSR count). The molecule has 118 valence electrons. The van der Waals surface area contributed by atoms with Crippen LogP contribution in [0.4, 0.5) is 8.78 Å². The molecule has 1 N–H and O–H groups in total. The highest BCUT2D eigenvalue weighted by Crippen LogP contribution is 2.51. The van der Waals surface area contributed by atoms with E-state index in [1.54, 1.807) is 6.07 Å². The average Bonchev–Trinajstić information content (AvgIpc) is 2.47. The van der Waals surface area contributed by atoms with Gasteiger partial charge >= 0.3 is 13.5 Å². The van der Waals surface area contributed by atoms with E-state index in [9.17, 15) is 18.5 Å². The summed E-state index contributed by atoms with van der Waals surface area (Å²) < 4.78 is 49.3. The van der Waals surface area contributed by atoms with Crippen molar-refractivity contribution in [2.24, 2.45) is 0 Å². The van der Waals surface area contributed by atoms with E-state index >= 15 is 0 Å². The third-order valence-electron chi connectivity index (χ3n) is 3.03. The Hall–Kier alpha value is -1.23. The Kier molecular flexibility index (Phi) is 5.68. The lowest BCUT2D eigenvalue weighted by Gasteiger charge is -2.19.